The van der Waals surface area contributed by atoms with Gasteiger partial charge < -0.3 is 39.0 Å². The summed E-state index contributed by atoms with van der Waals surface area (Å²) >= 11 is 0. The van der Waals surface area contributed by atoms with Gasteiger partial charge in [-0.2, -0.15) is 0 Å². The molecule has 1 heterocycles. The second-order valence-electron chi connectivity index (χ2n) is 23.8. The third kappa shape index (κ3) is 51.1. The van der Waals surface area contributed by atoms with E-state index in [1.165, 1.54) is 161 Å². The number of hydrogen-bond acceptors (Lipinski definition) is 11. The summed E-state index contributed by atoms with van der Waals surface area (Å²) in [5.41, 5.74) is 0. The van der Waals surface area contributed by atoms with Crippen molar-refractivity contribution in [3.63, 3.8) is 0 Å². The molecule has 0 aromatic heterocycles. The lowest BCUT2D eigenvalue weighted by Gasteiger charge is -2.40. The molecule has 3 N–H and O–H groups in total. The molecule has 0 radical (unpaired) electrons. The number of esters is 3. The molecular formula is C75H126O12. The molecule has 6 atom stereocenters. The molecule has 1 saturated heterocycles. The van der Waals surface area contributed by atoms with Gasteiger partial charge in [0, 0.05) is 19.3 Å². The lowest BCUT2D eigenvalue weighted by molar-refractivity contribution is -0.301. The number of aliphatic hydroxyl groups excluding tert-OH is 2. The fourth-order valence-electron chi connectivity index (χ4n) is 10.3. The summed E-state index contributed by atoms with van der Waals surface area (Å²) in [7, 11) is 0. The Morgan fingerprint density at radius 2 is 0.747 bits per heavy atom. The summed E-state index contributed by atoms with van der Waals surface area (Å²) in [6.45, 7) is 5.88. The summed E-state index contributed by atoms with van der Waals surface area (Å²) in [5, 5.41) is 31.6. The first-order valence-corrected chi connectivity index (χ1v) is 35.2. The second-order valence-corrected chi connectivity index (χ2v) is 23.8. The van der Waals surface area contributed by atoms with Crippen LogP contribution in [0.3, 0.4) is 0 Å². The Bertz CT molecular complexity index is 1880. The van der Waals surface area contributed by atoms with E-state index in [9.17, 15) is 34.5 Å². The first-order valence-electron chi connectivity index (χ1n) is 35.2. The zero-order valence-electron chi connectivity index (χ0n) is 55.2. The normalized spacial score (nSPS) is 17.9. The summed E-state index contributed by atoms with van der Waals surface area (Å²) in [5.74, 6) is -3.22. The lowest BCUT2D eigenvalue weighted by Crippen LogP contribution is -2.61. The Hall–Kier alpha value is -4.36. The largest absolute Gasteiger partial charge is 0.479 e. The molecular weight excluding hydrogens is 1090 g/mol. The number of allylic oxidation sites excluding steroid dienone is 16. The van der Waals surface area contributed by atoms with Crippen LogP contribution in [0.4, 0.5) is 0 Å². The molecule has 0 aliphatic carbocycles. The molecule has 0 spiro atoms. The lowest BCUT2D eigenvalue weighted by atomic mass is 9.98. The predicted molar refractivity (Wildman–Crippen MR) is 358 cm³/mol. The van der Waals surface area contributed by atoms with Crippen LogP contribution < -0.4 is 0 Å². The highest BCUT2D eigenvalue weighted by atomic mass is 16.7. The van der Waals surface area contributed by atoms with Gasteiger partial charge in [-0.1, -0.05) is 272 Å². The minimum absolute atomic E-state index is 0.0675. The van der Waals surface area contributed by atoms with Crippen LogP contribution in [0.5, 0.6) is 0 Å². The number of unbranched alkanes of at least 4 members (excludes halogenated alkanes) is 30. The van der Waals surface area contributed by atoms with Crippen molar-refractivity contribution in [1.82, 2.24) is 0 Å². The van der Waals surface area contributed by atoms with E-state index in [0.717, 1.165) is 77.0 Å². The van der Waals surface area contributed by atoms with E-state index in [2.05, 4.69) is 99.8 Å². The standard InChI is InChI=1S/C75H126O12/c1-4-7-10-13-16-19-22-25-28-31-34-37-40-43-46-49-52-55-58-61-67(76)83-64-66(85-68(77)62-59-56-53-50-47-44-41-38-35-32-29-26-23-20-17-14-11-8-5-2)65-84-75-73(71(80)70(79)72(87-75)74(81)82)86-69(78)63-60-57-54-51-48-45-42-39-36-33-30-27-24-21-18-15-12-9-6-3/h9,12,18,21,25-30,36,39,45,48,54,57,66,70-73,75,79-80H,4-8,10-11,13-17,19-20,22-24,31-35,37-38,40-44,46-47,49-53,55-56,58-65H2,1-3H3,(H,81,82)/b12-9-,21-18-,28-25-,29-26-,30-27-,39-36-,48-45-,57-54-. The van der Waals surface area contributed by atoms with Crippen molar-refractivity contribution in [3.8, 4) is 0 Å². The fourth-order valence-corrected chi connectivity index (χ4v) is 10.3. The van der Waals surface area contributed by atoms with Crippen LogP contribution >= 0.6 is 0 Å². The third-order valence-corrected chi connectivity index (χ3v) is 15.6. The summed E-state index contributed by atoms with van der Waals surface area (Å²) in [6, 6.07) is 0. The van der Waals surface area contributed by atoms with Gasteiger partial charge in [-0.25, -0.2) is 4.79 Å². The molecule has 498 valence electrons. The van der Waals surface area contributed by atoms with Crippen LogP contribution in [0.1, 0.15) is 303 Å². The van der Waals surface area contributed by atoms with Crippen molar-refractivity contribution in [2.75, 3.05) is 13.2 Å². The van der Waals surface area contributed by atoms with E-state index in [0.29, 0.717) is 25.7 Å². The van der Waals surface area contributed by atoms with Gasteiger partial charge in [-0.15, -0.1) is 0 Å². The zero-order chi connectivity index (χ0) is 63.1. The van der Waals surface area contributed by atoms with Crippen molar-refractivity contribution in [1.29, 1.82) is 0 Å². The minimum Gasteiger partial charge on any atom is -0.479 e. The molecule has 12 heteroatoms. The number of carbonyl (C=O) groups excluding carboxylic acids is 3. The van der Waals surface area contributed by atoms with E-state index in [4.69, 9.17) is 23.7 Å². The van der Waals surface area contributed by atoms with Crippen molar-refractivity contribution < 1.29 is 58.2 Å². The predicted octanol–water partition coefficient (Wildman–Crippen LogP) is 19.6. The number of aliphatic carboxylic acids is 1. The molecule has 0 aromatic carbocycles. The Labute approximate surface area is 530 Å². The van der Waals surface area contributed by atoms with Crippen molar-refractivity contribution in [2.45, 2.75) is 340 Å². The summed E-state index contributed by atoms with van der Waals surface area (Å²) in [4.78, 5) is 51.5. The van der Waals surface area contributed by atoms with E-state index in [1.807, 2.05) is 18.2 Å². The van der Waals surface area contributed by atoms with Gasteiger partial charge in [0.05, 0.1) is 6.61 Å². The number of rotatable bonds is 60. The van der Waals surface area contributed by atoms with Gasteiger partial charge in [0.25, 0.3) is 0 Å². The fraction of sp³-hybridized carbons (Fsp3) is 0.733. The van der Waals surface area contributed by atoms with E-state index in [-0.39, 0.29) is 25.9 Å². The molecule has 1 rings (SSSR count). The van der Waals surface area contributed by atoms with Crippen LogP contribution in [0.25, 0.3) is 0 Å². The molecule has 0 amide bonds. The van der Waals surface area contributed by atoms with Crippen LogP contribution in [0, 0.1) is 0 Å². The third-order valence-electron chi connectivity index (χ3n) is 15.6. The number of aliphatic hydroxyl groups is 2. The average molecular weight is 1220 g/mol. The Morgan fingerprint density at radius 3 is 1.15 bits per heavy atom. The average Bonchev–Trinajstić information content (AvgIpc) is 2.60. The highest BCUT2D eigenvalue weighted by Crippen LogP contribution is 2.26. The van der Waals surface area contributed by atoms with E-state index >= 15 is 0 Å². The molecule has 0 bridgehead atoms. The number of carboxylic acid groups (broad SMARTS) is 1. The summed E-state index contributed by atoms with van der Waals surface area (Å²) in [6.07, 6.45) is 70.9. The van der Waals surface area contributed by atoms with Gasteiger partial charge in [-0.3, -0.25) is 14.4 Å². The number of carboxylic acids is 1. The van der Waals surface area contributed by atoms with E-state index in [1.54, 1.807) is 0 Å². The van der Waals surface area contributed by atoms with Crippen molar-refractivity contribution in [2.24, 2.45) is 0 Å². The zero-order valence-corrected chi connectivity index (χ0v) is 55.2. The first-order chi connectivity index (χ1) is 42.6. The van der Waals surface area contributed by atoms with Gasteiger partial charge in [0.1, 0.15) is 18.8 Å². The molecule has 1 fully saturated rings. The number of ether oxygens (including phenoxy) is 5. The first kappa shape index (κ1) is 80.7. The quantitative estimate of drug-likeness (QED) is 0.0228. The highest BCUT2D eigenvalue weighted by molar-refractivity contribution is 5.74. The molecule has 6 unspecified atom stereocenters. The SMILES string of the molecule is CC/C=C\C/C=C\C/C=C\C/C=C\C/C=C\C/C=C\CCC(=O)OC1C(OCC(COC(=O)CCCCCCCCCCC/C=C\CCCCCCCC)OC(=O)CCCCCCCCCCC/C=C\CCCCCCCC)OC(C(=O)O)C(O)C1O. The Balaban J connectivity index is 2.68. The highest BCUT2D eigenvalue weighted by Gasteiger charge is 2.50. The van der Waals surface area contributed by atoms with Crippen LogP contribution in [-0.4, -0.2) is 89.2 Å². The Kier molecular flexibility index (Phi) is 57.3. The van der Waals surface area contributed by atoms with Crippen molar-refractivity contribution in [3.05, 3.63) is 97.2 Å². The van der Waals surface area contributed by atoms with Gasteiger partial charge in [0.2, 0.25) is 0 Å². The number of hydrogen-bond donors (Lipinski definition) is 3. The monoisotopic (exact) mass is 1220 g/mol. The van der Waals surface area contributed by atoms with Gasteiger partial charge in [0.15, 0.2) is 24.6 Å². The topological polar surface area (TPSA) is 175 Å². The second kappa shape index (κ2) is 61.9. The molecule has 0 saturated carbocycles. The molecule has 1 aliphatic rings. The van der Waals surface area contributed by atoms with Gasteiger partial charge in [-0.05, 0) is 109 Å². The maximum atomic E-state index is 13.3. The van der Waals surface area contributed by atoms with E-state index < -0.39 is 67.3 Å². The maximum absolute atomic E-state index is 13.3. The molecule has 12 nitrogen and oxygen atoms in total. The van der Waals surface area contributed by atoms with Crippen molar-refractivity contribution >= 4 is 23.9 Å². The summed E-state index contributed by atoms with van der Waals surface area (Å²) < 4.78 is 28.5. The Morgan fingerprint density at radius 1 is 0.391 bits per heavy atom. The smallest absolute Gasteiger partial charge is 0.335 e. The minimum atomic E-state index is -1.93. The van der Waals surface area contributed by atoms with Gasteiger partial charge >= 0.3 is 23.9 Å². The molecule has 0 aromatic rings. The maximum Gasteiger partial charge on any atom is 0.335 e. The molecule has 87 heavy (non-hydrogen) atoms. The van der Waals surface area contributed by atoms with Crippen LogP contribution in [-0.2, 0) is 42.9 Å². The number of carbonyl (C=O) groups is 4. The van der Waals surface area contributed by atoms with Crippen LogP contribution in [0.15, 0.2) is 97.2 Å². The van der Waals surface area contributed by atoms with Crippen LogP contribution in [0.2, 0.25) is 0 Å². The molecule has 1 aliphatic heterocycles.